The molecular formula is C26H33N5O3S. The molecule has 1 saturated heterocycles. The molecule has 9 heteroatoms. The van der Waals surface area contributed by atoms with Gasteiger partial charge in [-0.05, 0) is 75.3 Å². The van der Waals surface area contributed by atoms with E-state index in [0.29, 0.717) is 30.1 Å². The lowest BCUT2D eigenvalue weighted by Gasteiger charge is -2.30. The highest BCUT2D eigenvalue weighted by molar-refractivity contribution is 7.89. The van der Waals surface area contributed by atoms with Crippen molar-refractivity contribution < 1.29 is 13.2 Å². The SMILES string of the molecule is CC(C)c1cc(C(=O)N2CCCc3cc(S(=O)(=O)N4CCCC4)ccc32)c2cnn(C(C)C)c2n1. The molecule has 2 aromatic heterocycles. The molecule has 0 atom stereocenters. The third-order valence-corrected chi connectivity index (χ3v) is 8.91. The molecule has 186 valence electrons. The Morgan fingerprint density at radius 3 is 2.43 bits per heavy atom. The minimum Gasteiger partial charge on any atom is -0.308 e. The molecule has 3 aromatic rings. The number of sulfonamides is 1. The fourth-order valence-corrected chi connectivity index (χ4v) is 6.62. The second-order valence-corrected chi connectivity index (χ2v) is 12.1. The average Bonchev–Trinajstić information content (AvgIpc) is 3.53. The first-order valence-corrected chi connectivity index (χ1v) is 14.0. The molecule has 0 saturated carbocycles. The topological polar surface area (TPSA) is 88.4 Å². The fraction of sp³-hybridized carbons (Fsp3) is 0.500. The average molecular weight is 496 g/mol. The van der Waals surface area contributed by atoms with Crippen LogP contribution in [0.1, 0.15) is 80.5 Å². The second kappa shape index (κ2) is 9.02. The van der Waals surface area contributed by atoms with Crippen molar-refractivity contribution >= 4 is 32.7 Å². The van der Waals surface area contributed by atoms with Gasteiger partial charge in [0, 0.05) is 37.1 Å². The standard InChI is InChI=1S/C26H33N5O3S/c1-17(2)23-15-21(22-16-27-31(18(3)4)25(22)28-23)26(32)30-13-7-8-19-14-20(9-10-24(19)30)35(33,34)29-11-5-6-12-29/h9-10,14-18H,5-8,11-13H2,1-4H3. The molecule has 1 aromatic carbocycles. The zero-order valence-corrected chi connectivity index (χ0v) is 21.7. The Labute approximate surface area is 207 Å². The van der Waals surface area contributed by atoms with Crippen molar-refractivity contribution in [2.24, 2.45) is 0 Å². The summed E-state index contributed by atoms with van der Waals surface area (Å²) in [5.74, 6) is 0.0622. The molecule has 5 rings (SSSR count). The number of nitrogens with zero attached hydrogens (tertiary/aromatic N) is 5. The second-order valence-electron chi connectivity index (χ2n) is 10.1. The lowest BCUT2D eigenvalue weighted by molar-refractivity contribution is 0.0986. The number of hydrogen-bond acceptors (Lipinski definition) is 5. The number of fused-ring (bicyclic) bond motifs is 2. The molecule has 4 heterocycles. The highest BCUT2D eigenvalue weighted by atomic mass is 32.2. The van der Waals surface area contributed by atoms with Crippen LogP contribution in [-0.2, 0) is 16.4 Å². The molecule has 8 nitrogen and oxygen atoms in total. The molecular weight excluding hydrogens is 462 g/mol. The molecule has 1 amide bonds. The lowest BCUT2D eigenvalue weighted by atomic mass is 9.99. The van der Waals surface area contributed by atoms with E-state index in [2.05, 4.69) is 18.9 Å². The predicted octanol–water partition coefficient (Wildman–Crippen LogP) is 4.51. The molecule has 2 aliphatic rings. The minimum absolute atomic E-state index is 0.0984. The van der Waals surface area contributed by atoms with Crippen LogP contribution in [0.4, 0.5) is 5.69 Å². The lowest BCUT2D eigenvalue weighted by Crippen LogP contribution is -2.36. The number of benzene rings is 1. The van der Waals surface area contributed by atoms with Crippen molar-refractivity contribution in [3.63, 3.8) is 0 Å². The summed E-state index contributed by atoms with van der Waals surface area (Å²) in [5, 5.41) is 5.26. The van der Waals surface area contributed by atoms with Gasteiger partial charge in [0.1, 0.15) is 0 Å². The summed E-state index contributed by atoms with van der Waals surface area (Å²) in [6.45, 7) is 9.96. The molecule has 0 bridgehead atoms. The Balaban J connectivity index is 1.56. The molecule has 0 spiro atoms. The van der Waals surface area contributed by atoms with Crippen molar-refractivity contribution in [3.8, 4) is 0 Å². The van der Waals surface area contributed by atoms with Gasteiger partial charge in [-0.3, -0.25) is 4.79 Å². The Morgan fingerprint density at radius 1 is 1.00 bits per heavy atom. The van der Waals surface area contributed by atoms with E-state index < -0.39 is 10.0 Å². The van der Waals surface area contributed by atoms with Gasteiger partial charge in [-0.2, -0.15) is 9.40 Å². The molecule has 0 aliphatic carbocycles. The minimum atomic E-state index is -3.50. The van der Waals surface area contributed by atoms with Gasteiger partial charge in [0.15, 0.2) is 5.65 Å². The molecule has 0 N–H and O–H groups in total. The summed E-state index contributed by atoms with van der Waals surface area (Å²) in [5.41, 5.74) is 3.85. The largest absolute Gasteiger partial charge is 0.308 e. The van der Waals surface area contributed by atoms with Gasteiger partial charge < -0.3 is 4.90 Å². The number of aromatic nitrogens is 3. The zero-order chi connectivity index (χ0) is 24.9. The smallest absolute Gasteiger partial charge is 0.259 e. The van der Waals surface area contributed by atoms with Crippen LogP contribution >= 0.6 is 0 Å². The van der Waals surface area contributed by atoms with Gasteiger partial charge >= 0.3 is 0 Å². The van der Waals surface area contributed by atoms with Crippen LogP contribution in [0, 0.1) is 0 Å². The quantitative estimate of drug-likeness (QED) is 0.520. The van der Waals surface area contributed by atoms with Crippen molar-refractivity contribution in [1.29, 1.82) is 0 Å². The van der Waals surface area contributed by atoms with Gasteiger partial charge in [0.05, 0.1) is 22.0 Å². The Hall–Kier alpha value is -2.78. The normalized spacial score (nSPS) is 17.0. The van der Waals surface area contributed by atoms with Gasteiger partial charge in [0.25, 0.3) is 5.91 Å². The Morgan fingerprint density at radius 2 is 1.74 bits per heavy atom. The van der Waals surface area contributed by atoms with Crippen molar-refractivity contribution in [2.75, 3.05) is 24.5 Å². The van der Waals surface area contributed by atoms with Gasteiger partial charge in [-0.15, -0.1) is 0 Å². The maximum absolute atomic E-state index is 14.0. The van der Waals surface area contributed by atoms with E-state index in [-0.39, 0.29) is 17.9 Å². The van der Waals surface area contributed by atoms with Gasteiger partial charge in [0.2, 0.25) is 10.0 Å². The molecule has 1 fully saturated rings. The highest BCUT2D eigenvalue weighted by Crippen LogP contribution is 2.34. The van der Waals surface area contributed by atoms with Crippen LogP contribution in [0.3, 0.4) is 0 Å². The van der Waals surface area contributed by atoms with E-state index in [4.69, 9.17) is 4.98 Å². The number of hydrogen-bond donors (Lipinski definition) is 0. The summed E-state index contributed by atoms with van der Waals surface area (Å²) in [4.78, 5) is 20.9. The number of amides is 1. The van der Waals surface area contributed by atoms with E-state index in [1.807, 2.05) is 24.6 Å². The van der Waals surface area contributed by atoms with Crippen LogP contribution in [0.5, 0.6) is 0 Å². The van der Waals surface area contributed by atoms with Crippen molar-refractivity contribution in [2.45, 2.75) is 70.2 Å². The first-order chi connectivity index (χ1) is 16.7. The fourth-order valence-electron chi connectivity index (χ4n) is 5.06. The van der Waals surface area contributed by atoms with E-state index in [1.165, 1.54) is 0 Å². The third-order valence-electron chi connectivity index (χ3n) is 7.02. The number of anilines is 1. The first-order valence-electron chi connectivity index (χ1n) is 12.5. The number of rotatable bonds is 5. The van der Waals surface area contributed by atoms with Crippen molar-refractivity contribution in [3.05, 3.63) is 47.3 Å². The maximum Gasteiger partial charge on any atom is 0.259 e. The van der Waals surface area contributed by atoms with Crippen LogP contribution in [0.25, 0.3) is 11.0 Å². The zero-order valence-electron chi connectivity index (χ0n) is 20.9. The number of carbonyl (C=O) groups excluding carboxylic acids is 1. The summed E-state index contributed by atoms with van der Waals surface area (Å²) in [6, 6.07) is 7.23. The first kappa shape index (κ1) is 23.9. The van der Waals surface area contributed by atoms with E-state index >= 15 is 0 Å². The van der Waals surface area contributed by atoms with Gasteiger partial charge in [-0.25, -0.2) is 18.1 Å². The molecule has 35 heavy (non-hydrogen) atoms. The Bertz CT molecular complexity index is 1390. The van der Waals surface area contributed by atoms with Gasteiger partial charge in [-0.1, -0.05) is 13.8 Å². The number of pyridine rings is 1. The van der Waals surface area contributed by atoms with Crippen LogP contribution in [0.2, 0.25) is 0 Å². The van der Waals surface area contributed by atoms with Crippen LogP contribution < -0.4 is 4.90 Å². The molecule has 0 unspecified atom stereocenters. The maximum atomic E-state index is 14.0. The van der Waals surface area contributed by atoms with E-state index in [0.717, 1.165) is 53.7 Å². The molecule has 2 aliphatic heterocycles. The monoisotopic (exact) mass is 495 g/mol. The third kappa shape index (κ3) is 4.14. The van der Waals surface area contributed by atoms with E-state index in [9.17, 15) is 13.2 Å². The number of carbonyl (C=O) groups is 1. The van der Waals surface area contributed by atoms with E-state index in [1.54, 1.807) is 33.6 Å². The molecule has 0 radical (unpaired) electrons. The Kier molecular flexibility index (Phi) is 6.17. The summed E-state index contributed by atoms with van der Waals surface area (Å²) < 4.78 is 29.6. The predicted molar refractivity (Wildman–Crippen MR) is 136 cm³/mol. The number of aryl methyl sites for hydroxylation is 1. The van der Waals surface area contributed by atoms with Crippen LogP contribution in [0.15, 0.2) is 35.4 Å². The summed E-state index contributed by atoms with van der Waals surface area (Å²) >= 11 is 0. The summed E-state index contributed by atoms with van der Waals surface area (Å²) in [6.07, 6.45) is 5.06. The van der Waals surface area contributed by atoms with Crippen molar-refractivity contribution in [1.82, 2.24) is 19.1 Å². The van der Waals surface area contributed by atoms with Crippen LogP contribution in [-0.4, -0.2) is 53.0 Å². The summed E-state index contributed by atoms with van der Waals surface area (Å²) in [7, 11) is -3.50. The highest BCUT2D eigenvalue weighted by Gasteiger charge is 2.31.